The first-order valence-corrected chi connectivity index (χ1v) is 8.34. The average molecular weight is 320 g/mol. The lowest BCUT2D eigenvalue weighted by Crippen LogP contribution is -2.46. The van der Waals surface area contributed by atoms with E-state index in [2.05, 4.69) is 39.5 Å². The van der Waals surface area contributed by atoms with Crippen LogP contribution in [-0.4, -0.2) is 63.9 Å². The van der Waals surface area contributed by atoms with Crippen molar-refractivity contribution in [2.24, 2.45) is 0 Å². The minimum atomic E-state index is -0.206. The molecule has 128 valence electrons. The van der Waals surface area contributed by atoms with E-state index in [9.17, 15) is 4.79 Å². The molecule has 1 aromatic carbocycles. The summed E-state index contributed by atoms with van der Waals surface area (Å²) in [5.74, 6) is 0. The molecule has 0 bridgehead atoms. The molecule has 0 aliphatic carbocycles. The Balaban J connectivity index is 1.79. The van der Waals surface area contributed by atoms with E-state index in [0.29, 0.717) is 13.2 Å². The predicted octanol–water partition coefficient (Wildman–Crippen LogP) is 1.99. The fourth-order valence-corrected chi connectivity index (χ4v) is 2.74. The van der Waals surface area contributed by atoms with Crippen LogP contribution in [0.3, 0.4) is 0 Å². The minimum Gasteiger partial charge on any atom is -0.383 e. The molecule has 1 heterocycles. The number of rotatable bonds is 7. The van der Waals surface area contributed by atoms with E-state index in [1.165, 1.54) is 18.7 Å². The Hall–Kier alpha value is -1.79. The first kappa shape index (κ1) is 17.6. The molecule has 0 unspecified atom stereocenters. The maximum atomic E-state index is 11.7. The molecular weight excluding hydrogens is 292 g/mol. The monoisotopic (exact) mass is 320 g/mol. The van der Waals surface area contributed by atoms with Crippen LogP contribution in [0.5, 0.6) is 0 Å². The highest BCUT2D eigenvalue weighted by molar-refractivity contribution is 5.89. The average Bonchev–Trinajstić information content (AvgIpc) is 2.57. The van der Waals surface area contributed by atoms with Gasteiger partial charge in [0.2, 0.25) is 0 Å². The zero-order chi connectivity index (χ0) is 16.5. The summed E-state index contributed by atoms with van der Waals surface area (Å²) in [5, 5.41) is 5.56. The fraction of sp³-hybridized carbons (Fsp3) is 0.588. The van der Waals surface area contributed by atoms with Crippen molar-refractivity contribution in [2.75, 3.05) is 63.2 Å². The lowest BCUT2D eigenvalue weighted by Gasteiger charge is -2.36. The maximum absolute atomic E-state index is 11.7. The molecule has 1 aliphatic heterocycles. The summed E-state index contributed by atoms with van der Waals surface area (Å²) in [7, 11) is 1.61. The van der Waals surface area contributed by atoms with E-state index >= 15 is 0 Å². The van der Waals surface area contributed by atoms with Crippen molar-refractivity contribution < 1.29 is 9.53 Å². The van der Waals surface area contributed by atoms with E-state index < -0.39 is 0 Å². The molecule has 2 rings (SSSR count). The fourth-order valence-electron chi connectivity index (χ4n) is 2.74. The summed E-state index contributed by atoms with van der Waals surface area (Å²) in [5.41, 5.74) is 2.01. The van der Waals surface area contributed by atoms with E-state index in [1.807, 2.05) is 12.1 Å². The Bertz CT molecular complexity index is 470. The quantitative estimate of drug-likeness (QED) is 0.755. The normalized spacial score (nSPS) is 15.5. The van der Waals surface area contributed by atoms with Crippen molar-refractivity contribution >= 4 is 17.4 Å². The largest absolute Gasteiger partial charge is 0.383 e. The van der Waals surface area contributed by atoms with E-state index in [-0.39, 0.29) is 6.03 Å². The van der Waals surface area contributed by atoms with E-state index in [0.717, 1.165) is 31.9 Å². The summed E-state index contributed by atoms with van der Waals surface area (Å²) >= 11 is 0. The summed E-state index contributed by atoms with van der Waals surface area (Å²) in [4.78, 5) is 16.6. The molecule has 1 aromatic rings. The van der Waals surface area contributed by atoms with Gasteiger partial charge in [-0.15, -0.1) is 0 Å². The van der Waals surface area contributed by atoms with Gasteiger partial charge in [-0.25, -0.2) is 4.79 Å². The van der Waals surface area contributed by atoms with Crippen LogP contribution in [0.1, 0.15) is 13.3 Å². The Kier molecular flexibility index (Phi) is 7.16. The van der Waals surface area contributed by atoms with Crippen LogP contribution in [-0.2, 0) is 4.74 Å². The van der Waals surface area contributed by atoms with Crippen LogP contribution in [0.15, 0.2) is 24.3 Å². The van der Waals surface area contributed by atoms with Crippen molar-refractivity contribution in [2.45, 2.75) is 13.3 Å². The molecule has 1 fully saturated rings. The predicted molar refractivity (Wildman–Crippen MR) is 94.3 cm³/mol. The minimum absolute atomic E-state index is 0.206. The Morgan fingerprint density at radius 1 is 1.17 bits per heavy atom. The van der Waals surface area contributed by atoms with Crippen LogP contribution in [0, 0.1) is 0 Å². The van der Waals surface area contributed by atoms with Crippen molar-refractivity contribution in [1.29, 1.82) is 0 Å². The number of benzene rings is 1. The molecule has 2 N–H and O–H groups in total. The van der Waals surface area contributed by atoms with Crippen LogP contribution in [0.4, 0.5) is 16.2 Å². The number of carbonyl (C=O) groups excluding carboxylic acids is 1. The summed E-state index contributed by atoms with van der Waals surface area (Å²) in [6.45, 7) is 8.79. The number of piperazine rings is 1. The van der Waals surface area contributed by atoms with Crippen molar-refractivity contribution in [3.8, 4) is 0 Å². The number of ether oxygens (including phenoxy) is 1. The molecule has 1 saturated heterocycles. The van der Waals surface area contributed by atoms with Gasteiger partial charge in [0.05, 0.1) is 6.61 Å². The summed E-state index contributed by atoms with van der Waals surface area (Å²) < 4.78 is 4.90. The van der Waals surface area contributed by atoms with Gasteiger partial charge >= 0.3 is 6.03 Å². The smallest absolute Gasteiger partial charge is 0.319 e. The van der Waals surface area contributed by atoms with Gasteiger partial charge in [-0.05, 0) is 37.2 Å². The number of amides is 2. The standard InChI is InChI=1S/C17H28N4O2/c1-3-9-20-10-12-21(13-11-20)16-6-4-15(5-7-16)19-17(22)18-8-14-23-2/h4-7H,3,8-14H2,1-2H3,(H2,18,19,22). The highest BCUT2D eigenvalue weighted by Crippen LogP contribution is 2.19. The molecule has 6 nitrogen and oxygen atoms in total. The van der Waals surface area contributed by atoms with Gasteiger partial charge < -0.3 is 20.3 Å². The van der Waals surface area contributed by atoms with Crippen molar-refractivity contribution in [3.63, 3.8) is 0 Å². The number of nitrogens with one attached hydrogen (secondary N) is 2. The number of hydrogen-bond acceptors (Lipinski definition) is 4. The van der Waals surface area contributed by atoms with Crippen molar-refractivity contribution in [3.05, 3.63) is 24.3 Å². The molecule has 23 heavy (non-hydrogen) atoms. The molecule has 0 saturated carbocycles. The van der Waals surface area contributed by atoms with Crippen molar-refractivity contribution in [1.82, 2.24) is 10.2 Å². The third kappa shape index (κ3) is 5.73. The molecule has 1 aliphatic rings. The molecule has 0 atom stereocenters. The second-order valence-electron chi connectivity index (χ2n) is 5.75. The van der Waals surface area contributed by atoms with E-state index in [1.54, 1.807) is 7.11 Å². The second-order valence-corrected chi connectivity index (χ2v) is 5.75. The van der Waals surface area contributed by atoms with Crippen LogP contribution >= 0.6 is 0 Å². The first-order valence-electron chi connectivity index (χ1n) is 8.34. The topological polar surface area (TPSA) is 56.8 Å². The number of hydrogen-bond donors (Lipinski definition) is 2. The van der Waals surface area contributed by atoms with Crippen LogP contribution in [0.25, 0.3) is 0 Å². The number of carbonyl (C=O) groups is 1. The highest BCUT2D eigenvalue weighted by Gasteiger charge is 2.16. The third-order valence-corrected chi connectivity index (χ3v) is 3.99. The Labute approximate surface area is 138 Å². The molecule has 2 amide bonds. The van der Waals surface area contributed by atoms with Gasteiger partial charge in [-0.2, -0.15) is 0 Å². The highest BCUT2D eigenvalue weighted by atomic mass is 16.5. The maximum Gasteiger partial charge on any atom is 0.319 e. The van der Waals surface area contributed by atoms with E-state index in [4.69, 9.17) is 4.74 Å². The van der Waals surface area contributed by atoms with Gasteiger partial charge in [-0.1, -0.05) is 6.92 Å². The second kappa shape index (κ2) is 9.37. The third-order valence-electron chi connectivity index (χ3n) is 3.99. The first-order chi connectivity index (χ1) is 11.2. The molecular formula is C17H28N4O2. The van der Waals surface area contributed by atoms with Gasteiger partial charge in [0.1, 0.15) is 0 Å². The SMILES string of the molecule is CCCN1CCN(c2ccc(NC(=O)NCCOC)cc2)CC1. The van der Waals surface area contributed by atoms with Crippen LogP contribution < -0.4 is 15.5 Å². The Morgan fingerprint density at radius 3 is 2.48 bits per heavy atom. The number of anilines is 2. The van der Waals surface area contributed by atoms with Gasteiger partial charge in [0.15, 0.2) is 0 Å². The Morgan fingerprint density at radius 2 is 1.87 bits per heavy atom. The number of urea groups is 1. The molecule has 0 spiro atoms. The zero-order valence-corrected chi connectivity index (χ0v) is 14.2. The zero-order valence-electron chi connectivity index (χ0n) is 14.2. The summed E-state index contributed by atoms with van der Waals surface area (Å²) in [6.07, 6.45) is 1.22. The number of nitrogens with zero attached hydrogens (tertiary/aromatic N) is 2. The van der Waals surface area contributed by atoms with Crippen LogP contribution in [0.2, 0.25) is 0 Å². The molecule has 6 heteroatoms. The molecule has 0 radical (unpaired) electrons. The summed E-state index contributed by atoms with van der Waals surface area (Å²) in [6, 6.07) is 7.83. The van der Waals surface area contributed by atoms with Gasteiger partial charge in [0, 0.05) is 51.2 Å². The lowest BCUT2D eigenvalue weighted by molar-refractivity contribution is 0.198. The van der Waals surface area contributed by atoms with Gasteiger partial charge in [-0.3, -0.25) is 4.90 Å². The number of methoxy groups -OCH3 is 1. The van der Waals surface area contributed by atoms with Gasteiger partial charge in [0.25, 0.3) is 0 Å². The molecule has 0 aromatic heterocycles. The lowest BCUT2D eigenvalue weighted by atomic mass is 10.2.